The Labute approximate surface area is 193 Å². The van der Waals surface area contributed by atoms with E-state index in [1.165, 1.54) is 6.08 Å². The molecule has 1 aliphatic heterocycles. The van der Waals surface area contributed by atoms with Crippen LogP contribution in [0.5, 0.6) is 5.75 Å². The van der Waals surface area contributed by atoms with Crippen molar-refractivity contribution in [3.8, 4) is 5.75 Å². The van der Waals surface area contributed by atoms with Gasteiger partial charge < -0.3 is 15.0 Å². The molecule has 4 rings (SSSR count). The lowest BCUT2D eigenvalue weighted by Crippen LogP contribution is -2.32. The topological polar surface area (TPSA) is 84.4 Å². The number of aromatic nitrogens is 2. The molecule has 0 radical (unpaired) electrons. The molecule has 1 aliphatic rings. The molecule has 33 heavy (non-hydrogen) atoms. The molecule has 7 nitrogen and oxygen atoms in total. The second-order valence-corrected chi connectivity index (χ2v) is 8.00. The third-order valence-corrected chi connectivity index (χ3v) is 5.70. The average molecular weight is 445 g/mol. The summed E-state index contributed by atoms with van der Waals surface area (Å²) in [5.41, 5.74) is 3.05. The Kier molecular flexibility index (Phi) is 7.29. The fourth-order valence-electron chi connectivity index (χ4n) is 3.93. The van der Waals surface area contributed by atoms with Crippen LogP contribution in [0.2, 0.25) is 0 Å². The van der Waals surface area contributed by atoms with Crippen molar-refractivity contribution in [2.24, 2.45) is 0 Å². The number of amides is 2. The fraction of sp³-hybridized carbons (Fsp3) is 0.308. The first-order chi connectivity index (χ1) is 16.1. The molecular weight excluding hydrogens is 416 g/mol. The number of para-hydroxylation sites is 3. The molecule has 170 valence electrons. The minimum absolute atomic E-state index is 0.00110. The zero-order valence-corrected chi connectivity index (χ0v) is 18.7. The lowest BCUT2D eigenvalue weighted by atomic mass is 10.0. The zero-order valence-electron chi connectivity index (χ0n) is 18.7. The second-order valence-electron chi connectivity index (χ2n) is 8.00. The van der Waals surface area contributed by atoms with Crippen molar-refractivity contribution in [2.45, 2.75) is 32.2 Å². The van der Waals surface area contributed by atoms with Crippen molar-refractivity contribution in [3.63, 3.8) is 0 Å². The van der Waals surface area contributed by atoms with Gasteiger partial charge in [-0.05, 0) is 43.5 Å². The summed E-state index contributed by atoms with van der Waals surface area (Å²) in [6.45, 7) is 3.59. The molecule has 2 aromatic carbocycles. The van der Waals surface area contributed by atoms with E-state index in [2.05, 4.69) is 15.3 Å². The van der Waals surface area contributed by atoms with Crippen LogP contribution in [0.1, 0.15) is 43.5 Å². The number of likely N-dealkylation sites (tertiary alicyclic amines) is 1. The molecule has 1 aromatic heterocycles. The van der Waals surface area contributed by atoms with Gasteiger partial charge in [0.25, 0.3) is 5.91 Å². The Morgan fingerprint density at radius 3 is 2.61 bits per heavy atom. The first-order valence-corrected chi connectivity index (χ1v) is 11.3. The molecule has 1 fully saturated rings. The molecule has 0 aliphatic carbocycles. The van der Waals surface area contributed by atoms with E-state index in [1.54, 1.807) is 12.3 Å². The van der Waals surface area contributed by atoms with Gasteiger partial charge in [-0.15, -0.1) is 0 Å². The van der Waals surface area contributed by atoms with E-state index in [1.807, 2.05) is 60.4 Å². The predicted molar refractivity (Wildman–Crippen MR) is 127 cm³/mol. The van der Waals surface area contributed by atoms with Crippen LogP contribution < -0.4 is 10.1 Å². The van der Waals surface area contributed by atoms with Gasteiger partial charge in [0.1, 0.15) is 5.75 Å². The van der Waals surface area contributed by atoms with Gasteiger partial charge in [-0.2, -0.15) is 0 Å². The summed E-state index contributed by atoms with van der Waals surface area (Å²) in [7, 11) is 0. The van der Waals surface area contributed by atoms with Crippen molar-refractivity contribution in [1.29, 1.82) is 0 Å². The molecule has 0 bridgehead atoms. The molecule has 0 spiro atoms. The number of nitrogens with one attached hydrogen (secondary N) is 1. The smallest absolute Gasteiger partial charge is 0.260 e. The largest absolute Gasteiger partial charge is 0.483 e. The monoisotopic (exact) mass is 444 g/mol. The van der Waals surface area contributed by atoms with Crippen LogP contribution in [-0.4, -0.2) is 46.4 Å². The van der Waals surface area contributed by atoms with Crippen molar-refractivity contribution in [3.05, 3.63) is 72.1 Å². The summed E-state index contributed by atoms with van der Waals surface area (Å²) in [5.74, 6) is 0.375. The van der Waals surface area contributed by atoms with Gasteiger partial charge in [0.15, 0.2) is 6.61 Å². The van der Waals surface area contributed by atoms with E-state index in [-0.39, 0.29) is 24.5 Å². The van der Waals surface area contributed by atoms with Crippen molar-refractivity contribution in [2.75, 3.05) is 19.7 Å². The number of ether oxygens (including phenoxy) is 1. The number of fused-ring (bicyclic) bond motifs is 1. The van der Waals surface area contributed by atoms with E-state index >= 15 is 0 Å². The third kappa shape index (κ3) is 5.74. The van der Waals surface area contributed by atoms with Crippen LogP contribution in [0.25, 0.3) is 17.1 Å². The van der Waals surface area contributed by atoms with E-state index in [9.17, 15) is 9.59 Å². The summed E-state index contributed by atoms with van der Waals surface area (Å²) in [5, 5.41) is 3.02. The lowest BCUT2D eigenvalue weighted by molar-refractivity contribution is -0.132. The normalized spacial score (nSPS) is 14.5. The average Bonchev–Trinajstić information content (AvgIpc) is 3.40. The third-order valence-electron chi connectivity index (χ3n) is 5.70. The van der Waals surface area contributed by atoms with Crippen molar-refractivity contribution in [1.82, 2.24) is 20.2 Å². The van der Waals surface area contributed by atoms with E-state index in [0.29, 0.717) is 17.9 Å². The van der Waals surface area contributed by atoms with Crippen LogP contribution >= 0.6 is 0 Å². The van der Waals surface area contributed by atoms with Crippen molar-refractivity contribution >= 4 is 28.9 Å². The SMILES string of the molecule is CCC(NC(=O)/C=C/c1cnc2ccccc2n1)c1ccccc1OCC(=O)N1CCCC1. The summed E-state index contributed by atoms with van der Waals surface area (Å²) in [6, 6.07) is 14.9. The van der Waals surface area contributed by atoms with Crippen LogP contribution in [0.4, 0.5) is 0 Å². The predicted octanol–water partition coefficient (Wildman–Crippen LogP) is 3.91. The number of carbonyl (C=O) groups is 2. The molecule has 2 amide bonds. The highest BCUT2D eigenvalue weighted by Gasteiger charge is 2.20. The van der Waals surface area contributed by atoms with E-state index in [0.717, 1.165) is 42.5 Å². The summed E-state index contributed by atoms with van der Waals surface area (Å²) >= 11 is 0. The number of carbonyl (C=O) groups excluding carboxylic acids is 2. The first kappa shape index (κ1) is 22.5. The minimum atomic E-state index is -0.247. The van der Waals surface area contributed by atoms with Crippen molar-refractivity contribution < 1.29 is 14.3 Å². The van der Waals surface area contributed by atoms with Gasteiger partial charge in [0.2, 0.25) is 5.91 Å². The number of rotatable bonds is 8. The summed E-state index contributed by atoms with van der Waals surface area (Å²) in [6.07, 6.45) is 7.52. The number of hydrogen-bond acceptors (Lipinski definition) is 5. The maximum Gasteiger partial charge on any atom is 0.260 e. The highest BCUT2D eigenvalue weighted by molar-refractivity contribution is 5.92. The Morgan fingerprint density at radius 1 is 1.09 bits per heavy atom. The molecule has 1 unspecified atom stereocenters. The maximum absolute atomic E-state index is 12.6. The van der Waals surface area contributed by atoms with Crippen LogP contribution in [0, 0.1) is 0 Å². The molecule has 2 heterocycles. The quantitative estimate of drug-likeness (QED) is 0.533. The highest BCUT2D eigenvalue weighted by atomic mass is 16.5. The van der Waals surface area contributed by atoms with E-state index < -0.39 is 0 Å². The summed E-state index contributed by atoms with van der Waals surface area (Å²) in [4.78, 5) is 35.7. The number of benzene rings is 2. The fourth-order valence-corrected chi connectivity index (χ4v) is 3.93. The summed E-state index contributed by atoms with van der Waals surface area (Å²) < 4.78 is 5.87. The van der Waals surface area contributed by atoms with Gasteiger partial charge >= 0.3 is 0 Å². The second kappa shape index (κ2) is 10.7. The number of nitrogens with zero attached hydrogens (tertiary/aromatic N) is 3. The Bertz CT molecular complexity index is 1150. The van der Waals surface area contributed by atoms with Gasteiger partial charge in [-0.1, -0.05) is 37.3 Å². The Hall–Kier alpha value is -3.74. The maximum atomic E-state index is 12.6. The van der Waals surface area contributed by atoms with Crippen LogP contribution in [0.3, 0.4) is 0 Å². The number of hydrogen-bond donors (Lipinski definition) is 1. The minimum Gasteiger partial charge on any atom is -0.483 e. The van der Waals surface area contributed by atoms with E-state index in [4.69, 9.17) is 4.74 Å². The van der Waals surface area contributed by atoms with Gasteiger partial charge in [0, 0.05) is 24.7 Å². The Balaban J connectivity index is 1.40. The lowest BCUT2D eigenvalue weighted by Gasteiger charge is -2.21. The molecule has 7 heteroatoms. The molecule has 1 atom stereocenters. The Morgan fingerprint density at radius 2 is 1.82 bits per heavy atom. The van der Waals surface area contributed by atoms with Gasteiger partial charge in [-0.3, -0.25) is 14.6 Å². The van der Waals surface area contributed by atoms with Gasteiger partial charge in [-0.25, -0.2) is 4.98 Å². The van der Waals surface area contributed by atoms with Crippen LogP contribution in [-0.2, 0) is 9.59 Å². The highest BCUT2D eigenvalue weighted by Crippen LogP contribution is 2.27. The molecule has 0 saturated carbocycles. The first-order valence-electron chi connectivity index (χ1n) is 11.3. The van der Waals surface area contributed by atoms with Gasteiger partial charge in [0.05, 0.1) is 29.0 Å². The standard InChI is InChI=1S/C26H28N4O3/c1-2-21(20-9-3-6-12-24(20)33-18-26(32)30-15-7-8-16-30)29-25(31)14-13-19-17-27-22-10-4-5-11-23(22)28-19/h3-6,9-14,17,21H,2,7-8,15-16,18H2,1H3,(H,29,31)/b14-13+. The molecule has 3 aromatic rings. The molecule has 1 N–H and O–H groups in total. The molecule has 1 saturated heterocycles. The van der Waals surface area contributed by atoms with Crippen LogP contribution in [0.15, 0.2) is 60.8 Å². The molecular formula is C26H28N4O3. The zero-order chi connectivity index (χ0) is 23.0.